The minimum absolute atomic E-state index is 0.0443. The van der Waals surface area contributed by atoms with Crippen molar-refractivity contribution in [3.8, 4) is 5.75 Å². The molecule has 3 aromatic heterocycles. The molecule has 0 aliphatic rings. The number of hydrogen-bond acceptors (Lipinski definition) is 5. The fourth-order valence-electron chi connectivity index (χ4n) is 4.13. The Bertz CT molecular complexity index is 1430. The number of pyridine rings is 2. The lowest BCUT2D eigenvalue weighted by Crippen LogP contribution is -2.16. The summed E-state index contributed by atoms with van der Waals surface area (Å²) in [6, 6.07) is 23.0. The summed E-state index contributed by atoms with van der Waals surface area (Å²) in [6.45, 7) is 0.563. The molecule has 34 heavy (non-hydrogen) atoms. The molecule has 170 valence electrons. The van der Waals surface area contributed by atoms with Gasteiger partial charge in [0.05, 0.1) is 30.8 Å². The van der Waals surface area contributed by atoms with Crippen molar-refractivity contribution in [3.63, 3.8) is 0 Å². The SMILES string of the molecule is O=C(O)CC(c1ccccc1)n1ncc2cc(OCCCc3ccc4cccnc4n3)ccc21. The van der Waals surface area contributed by atoms with Crippen LogP contribution in [0, 0.1) is 0 Å². The van der Waals surface area contributed by atoms with Gasteiger partial charge in [0, 0.05) is 22.7 Å². The lowest BCUT2D eigenvalue weighted by Gasteiger charge is -2.17. The Morgan fingerprint density at radius 3 is 2.74 bits per heavy atom. The van der Waals surface area contributed by atoms with E-state index in [4.69, 9.17) is 4.74 Å². The average molecular weight is 453 g/mol. The molecule has 3 heterocycles. The van der Waals surface area contributed by atoms with Crippen molar-refractivity contribution in [2.24, 2.45) is 0 Å². The van der Waals surface area contributed by atoms with Gasteiger partial charge in [-0.3, -0.25) is 9.48 Å². The second-order valence-corrected chi connectivity index (χ2v) is 8.14. The summed E-state index contributed by atoms with van der Waals surface area (Å²) < 4.78 is 7.75. The maximum Gasteiger partial charge on any atom is 0.305 e. The molecule has 5 rings (SSSR count). The average Bonchev–Trinajstić information content (AvgIpc) is 3.28. The summed E-state index contributed by atoms with van der Waals surface area (Å²) in [6.07, 6.45) is 5.10. The van der Waals surface area contributed by atoms with Crippen molar-refractivity contribution in [1.82, 2.24) is 19.7 Å². The van der Waals surface area contributed by atoms with Crippen LogP contribution in [-0.4, -0.2) is 37.4 Å². The number of rotatable bonds is 9. The Balaban J connectivity index is 1.26. The summed E-state index contributed by atoms with van der Waals surface area (Å²) in [5, 5.41) is 15.9. The summed E-state index contributed by atoms with van der Waals surface area (Å²) >= 11 is 0. The second-order valence-electron chi connectivity index (χ2n) is 8.14. The van der Waals surface area contributed by atoms with Gasteiger partial charge in [-0.15, -0.1) is 0 Å². The number of nitrogens with zero attached hydrogens (tertiary/aromatic N) is 4. The third-order valence-electron chi connectivity index (χ3n) is 5.78. The summed E-state index contributed by atoms with van der Waals surface area (Å²) in [5.74, 6) is -0.108. The molecule has 5 aromatic rings. The Labute approximate surface area is 196 Å². The highest BCUT2D eigenvalue weighted by atomic mass is 16.5. The van der Waals surface area contributed by atoms with Gasteiger partial charge >= 0.3 is 5.97 Å². The van der Waals surface area contributed by atoms with E-state index in [0.29, 0.717) is 6.61 Å². The van der Waals surface area contributed by atoms with E-state index in [0.717, 1.165) is 51.8 Å². The van der Waals surface area contributed by atoms with Gasteiger partial charge in [-0.25, -0.2) is 9.97 Å². The highest BCUT2D eigenvalue weighted by molar-refractivity contribution is 5.81. The lowest BCUT2D eigenvalue weighted by atomic mass is 10.0. The summed E-state index contributed by atoms with van der Waals surface area (Å²) in [5.41, 5.74) is 3.54. The fourth-order valence-corrected chi connectivity index (χ4v) is 4.13. The van der Waals surface area contributed by atoms with Crippen LogP contribution in [0.15, 0.2) is 85.2 Å². The topological polar surface area (TPSA) is 90.1 Å². The van der Waals surface area contributed by atoms with Gasteiger partial charge in [-0.1, -0.05) is 30.3 Å². The number of aryl methyl sites for hydroxylation is 1. The molecule has 2 aromatic carbocycles. The van der Waals surface area contributed by atoms with Crippen LogP contribution in [0.3, 0.4) is 0 Å². The van der Waals surface area contributed by atoms with Crippen LogP contribution in [0.5, 0.6) is 5.75 Å². The van der Waals surface area contributed by atoms with E-state index in [1.165, 1.54) is 0 Å². The number of ether oxygens (including phenoxy) is 1. The Hall–Kier alpha value is -4.26. The minimum atomic E-state index is -0.867. The molecule has 0 spiro atoms. The molecule has 0 radical (unpaired) electrons. The van der Waals surface area contributed by atoms with Crippen molar-refractivity contribution in [1.29, 1.82) is 0 Å². The number of fused-ring (bicyclic) bond motifs is 2. The van der Waals surface area contributed by atoms with Gasteiger partial charge < -0.3 is 9.84 Å². The van der Waals surface area contributed by atoms with Gasteiger partial charge in [0.25, 0.3) is 0 Å². The minimum Gasteiger partial charge on any atom is -0.494 e. The Morgan fingerprint density at radius 1 is 1.00 bits per heavy atom. The number of hydrogen-bond donors (Lipinski definition) is 1. The van der Waals surface area contributed by atoms with Gasteiger partial charge in [0.1, 0.15) is 5.75 Å². The van der Waals surface area contributed by atoms with Crippen LogP contribution in [0.4, 0.5) is 0 Å². The van der Waals surface area contributed by atoms with Gasteiger partial charge in [0.15, 0.2) is 5.65 Å². The summed E-state index contributed by atoms with van der Waals surface area (Å²) in [4.78, 5) is 20.4. The van der Waals surface area contributed by atoms with Crippen molar-refractivity contribution in [2.75, 3.05) is 6.61 Å². The predicted molar refractivity (Wildman–Crippen MR) is 130 cm³/mol. The Morgan fingerprint density at radius 2 is 1.88 bits per heavy atom. The molecule has 0 saturated carbocycles. The highest BCUT2D eigenvalue weighted by Crippen LogP contribution is 2.28. The molecule has 1 unspecified atom stereocenters. The third kappa shape index (κ3) is 4.73. The van der Waals surface area contributed by atoms with Gasteiger partial charge in [-0.05, 0) is 60.9 Å². The normalized spacial score (nSPS) is 12.1. The number of carboxylic acid groups (broad SMARTS) is 1. The zero-order valence-electron chi connectivity index (χ0n) is 18.5. The van der Waals surface area contributed by atoms with Crippen molar-refractivity contribution >= 4 is 27.9 Å². The highest BCUT2D eigenvalue weighted by Gasteiger charge is 2.20. The number of carboxylic acids is 1. The van der Waals surface area contributed by atoms with Crippen LogP contribution in [0.2, 0.25) is 0 Å². The molecule has 7 heteroatoms. The van der Waals surface area contributed by atoms with E-state index in [1.54, 1.807) is 17.1 Å². The zero-order chi connectivity index (χ0) is 23.3. The van der Waals surface area contributed by atoms with E-state index < -0.39 is 5.97 Å². The third-order valence-corrected chi connectivity index (χ3v) is 5.78. The molecule has 0 bridgehead atoms. The Kier molecular flexibility index (Phi) is 6.16. The van der Waals surface area contributed by atoms with Crippen molar-refractivity contribution in [2.45, 2.75) is 25.3 Å². The quantitative estimate of drug-likeness (QED) is 0.315. The second kappa shape index (κ2) is 9.70. The van der Waals surface area contributed by atoms with Gasteiger partial charge in [-0.2, -0.15) is 5.10 Å². The number of aliphatic carboxylic acids is 1. The van der Waals surface area contributed by atoms with Crippen molar-refractivity contribution < 1.29 is 14.6 Å². The smallest absolute Gasteiger partial charge is 0.305 e. The number of benzene rings is 2. The molecule has 0 aliphatic heterocycles. The van der Waals surface area contributed by atoms with Crippen LogP contribution < -0.4 is 4.74 Å². The van der Waals surface area contributed by atoms with Crippen LogP contribution in [0.1, 0.15) is 30.1 Å². The van der Waals surface area contributed by atoms with Crippen LogP contribution >= 0.6 is 0 Å². The van der Waals surface area contributed by atoms with Crippen molar-refractivity contribution in [3.05, 3.63) is 96.4 Å². The molecular weight excluding hydrogens is 428 g/mol. The predicted octanol–water partition coefficient (Wildman–Crippen LogP) is 5.06. The van der Waals surface area contributed by atoms with Gasteiger partial charge in [0.2, 0.25) is 0 Å². The largest absolute Gasteiger partial charge is 0.494 e. The maximum atomic E-state index is 11.5. The standard InChI is InChI=1S/C27H24N4O3/c32-26(33)17-25(19-6-2-1-3-7-19)31-24-13-12-23(16-21(24)18-29-31)34-15-5-9-22-11-10-20-8-4-14-28-27(20)30-22/h1-4,6-8,10-14,16,18,25H,5,9,15,17H2,(H,32,33). The monoisotopic (exact) mass is 452 g/mol. The molecule has 0 fully saturated rings. The van der Waals surface area contributed by atoms with E-state index in [1.807, 2.05) is 72.8 Å². The fraction of sp³-hybridized carbons (Fsp3) is 0.185. The molecule has 0 saturated heterocycles. The summed E-state index contributed by atoms with van der Waals surface area (Å²) in [7, 11) is 0. The maximum absolute atomic E-state index is 11.5. The molecular formula is C27H24N4O3. The van der Waals surface area contributed by atoms with Crippen LogP contribution in [-0.2, 0) is 11.2 Å². The lowest BCUT2D eigenvalue weighted by molar-refractivity contribution is -0.137. The molecule has 0 amide bonds. The van der Waals surface area contributed by atoms with E-state index in [9.17, 15) is 9.90 Å². The number of carbonyl (C=O) groups is 1. The first kappa shape index (κ1) is 21.6. The number of aromatic nitrogens is 4. The molecule has 7 nitrogen and oxygen atoms in total. The van der Waals surface area contributed by atoms with Crippen LogP contribution in [0.25, 0.3) is 21.9 Å². The first-order chi connectivity index (χ1) is 16.7. The molecule has 1 N–H and O–H groups in total. The van der Waals surface area contributed by atoms with E-state index >= 15 is 0 Å². The van der Waals surface area contributed by atoms with E-state index in [2.05, 4.69) is 15.1 Å². The zero-order valence-corrected chi connectivity index (χ0v) is 18.5. The van der Waals surface area contributed by atoms with E-state index in [-0.39, 0.29) is 12.5 Å². The molecule has 1 atom stereocenters. The first-order valence-electron chi connectivity index (χ1n) is 11.2. The molecule has 0 aliphatic carbocycles. The first-order valence-corrected chi connectivity index (χ1v) is 11.2.